The molecule has 1 heterocycles. The lowest BCUT2D eigenvalue weighted by atomic mass is 10.2. The summed E-state index contributed by atoms with van der Waals surface area (Å²) in [6.07, 6.45) is -1.35. The van der Waals surface area contributed by atoms with Crippen molar-refractivity contribution in [2.24, 2.45) is 0 Å². The summed E-state index contributed by atoms with van der Waals surface area (Å²) >= 11 is 5.93. The number of cyclic esters (lactones) is 1. The van der Waals surface area contributed by atoms with Crippen LogP contribution in [0.3, 0.4) is 0 Å². The van der Waals surface area contributed by atoms with Crippen LogP contribution in [0.4, 0.5) is 11.4 Å². The maximum atomic E-state index is 12.1. The minimum absolute atomic E-state index is 0.0369. The topological polar surface area (TPSA) is 108 Å². The normalized spacial score (nSPS) is 16.2. The van der Waals surface area contributed by atoms with Crippen molar-refractivity contribution >= 4 is 34.9 Å². The smallest absolute Gasteiger partial charge is 0.355 e. The summed E-state index contributed by atoms with van der Waals surface area (Å²) in [7, 11) is 0. The number of esters is 2. The predicted molar refractivity (Wildman–Crippen MR) is 91.3 cm³/mol. The van der Waals surface area contributed by atoms with Crippen molar-refractivity contribution in [1.82, 2.24) is 0 Å². The molecule has 3 rings (SSSR count). The highest BCUT2D eigenvalue weighted by Crippen LogP contribution is 2.29. The van der Waals surface area contributed by atoms with Crippen molar-refractivity contribution in [2.45, 2.75) is 6.29 Å². The van der Waals surface area contributed by atoms with Gasteiger partial charge in [-0.1, -0.05) is 29.8 Å². The van der Waals surface area contributed by atoms with Crippen LogP contribution in [-0.2, 0) is 14.3 Å². The highest BCUT2D eigenvalue weighted by atomic mass is 35.5. The van der Waals surface area contributed by atoms with Crippen molar-refractivity contribution in [3.05, 3.63) is 81.0 Å². The number of non-ortho nitro benzene ring substituents is 1. The number of nitrogens with one attached hydrogen (secondary N) is 1. The van der Waals surface area contributed by atoms with Gasteiger partial charge in [-0.3, -0.25) is 10.1 Å². The number of hydrogen-bond donors (Lipinski definition) is 1. The molecule has 9 heteroatoms. The van der Waals surface area contributed by atoms with Crippen molar-refractivity contribution in [3.8, 4) is 0 Å². The third kappa shape index (κ3) is 3.65. The number of carbonyl (C=O) groups is 2. The number of hydrogen-bond acceptors (Lipinski definition) is 7. The largest absolute Gasteiger partial charge is 0.415 e. The van der Waals surface area contributed by atoms with E-state index in [1.54, 1.807) is 30.3 Å². The van der Waals surface area contributed by atoms with Crippen LogP contribution >= 0.6 is 11.6 Å². The molecule has 1 atom stereocenters. The van der Waals surface area contributed by atoms with Crippen LogP contribution in [0.1, 0.15) is 10.4 Å². The van der Waals surface area contributed by atoms with E-state index < -0.39 is 23.2 Å². The van der Waals surface area contributed by atoms with Gasteiger partial charge in [0.2, 0.25) is 0 Å². The molecule has 0 bridgehead atoms. The summed E-state index contributed by atoms with van der Waals surface area (Å²) in [4.78, 5) is 34.0. The van der Waals surface area contributed by atoms with E-state index >= 15 is 0 Å². The van der Waals surface area contributed by atoms with Crippen LogP contribution in [0.5, 0.6) is 0 Å². The maximum Gasteiger partial charge on any atom is 0.355 e. The zero-order valence-electron chi connectivity index (χ0n) is 13.0. The fraction of sp³-hybridized carbons (Fsp3) is 0.0588. The summed E-state index contributed by atoms with van der Waals surface area (Å²) in [6, 6.07) is 13.6. The number of nitro benzene ring substituents is 1. The maximum absolute atomic E-state index is 12.1. The summed E-state index contributed by atoms with van der Waals surface area (Å²) in [5, 5.41) is 13.2. The molecule has 1 aliphatic rings. The van der Waals surface area contributed by atoms with E-state index in [0.29, 0.717) is 5.69 Å². The zero-order valence-corrected chi connectivity index (χ0v) is 13.8. The van der Waals surface area contributed by atoms with E-state index in [-0.39, 0.29) is 22.0 Å². The molecule has 0 amide bonds. The molecule has 1 N–H and O–H groups in total. The first-order valence-electron chi connectivity index (χ1n) is 7.34. The molecule has 0 fully saturated rings. The molecule has 132 valence electrons. The number of rotatable bonds is 5. The summed E-state index contributed by atoms with van der Waals surface area (Å²) < 4.78 is 10.1. The standard InChI is InChI=1S/C17H11ClN2O6/c18-13-14(19-11-6-8-12(9-7-11)20(23)24)17(26-16(13)22)25-15(21)10-4-2-1-3-5-10/h1-9,17,19H. The molecule has 26 heavy (non-hydrogen) atoms. The Morgan fingerprint density at radius 2 is 1.81 bits per heavy atom. The average molecular weight is 375 g/mol. The van der Waals surface area contributed by atoms with Crippen molar-refractivity contribution in [1.29, 1.82) is 0 Å². The Morgan fingerprint density at radius 1 is 1.15 bits per heavy atom. The van der Waals surface area contributed by atoms with Crippen LogP contribution < -0.4 is 5.32 Å². The Labute approximate surface area is 152 Å². The van der Waals surface area contributed by atoms with E-state index in [1.165, 1.54) is 24.3 Å². The van der Waals surface area contributed by atoms with Gasteiger partial charge in [-0.25, -0.2) is 9.59 Å². The highest BCUT2D eigenvalue weighted by Gasteiger charge is 2.36. The molecular weight excluding hydrogens is 364 g/mol. The molecule has 2 aromatic carbocycles. The van der Waals surface area contributed by atoms with Crippen molar-refractivity contribution in [2.75, 3.05) is 5.32 Å². The molecule has 0 radical (unpaired) electrons. The predicted octanol–water partition coefficient (Wildman–Crippen LogP) is 3.20. The highest BCUT2D eigenvalue weighted by molar-refractivity contribution is 6.42. The Balaban J connectivity index is 1.78. The van der Waals surface area contributed by atoms with Gasteiger partial charge in [0.25, 0.3) is 12.0 Å². The van der Waals surface area contributed by atoms with E-state index in [2.05, 4.69) is 5.32 Å². The van der Waals surface area contributed by atoms with Gasteiger partial charge in [-0.05, 0) is 24.3 Å². The number of benzene rings is 2. The minimum atomic E-state index is -1.35. The quantitative estimate of drug-likeness (QED) is 0.486. The summed E-state index contributed by atoms with van der Waals surface area (Å²) in [5.74, 6) is -1.54. The second-order valence-corrected chi connectivity index (χ2v) is 5.54. The fourth-order valence-electron chi connectivity index (χ4n) is 2.18. The molecule has 0 saturated heterocycles. The molecule has 1 unspecified atom stereocenters. The lowest BCUT2D eigenvalue weighted by molar-refractivity contribution is -0.384. The van der Waals surface area contributed by atoms with Gasteiger partial charge >= 0.3 is 11.9 Å². The van der Waals surface area contributed by atoms with Crippen molar-refractivity contribution < 1.29 is 24.0 Å². The molecule has 0 saturated carbocycles. The Bertz CT molecular complexity index is 895. The van der Waals surface area contributed by atoms with Crippen LogP contribution in [-0.4, -0.2) is 23.2 Å². The number of carbonyl (C=O) groups excluding carboxylic acids is 2. The number of anilines is 1. The average Bonchev–Trinajstić information content (AvgIpc) is 2.90. The van der Waals surface area contributed by atoms with Crippen LogP contribution in [0.15, 0.2) is 65.3 Å². The van der Waals surface area contributed by atoms with Gasteiger partial charge in [-0.2, -0.15) is 0 Å². The van der Waals surface area contributed by atoms with Gasteiger partial charge in [0.05, 0.1) is 10.5 Å². The summed E-state index contributed by atoms with van der Waals surface area (Å²) in [6.45, 7) is 0. The number of ether oxygens (including phenoxy) is 2. The zero-order chi connectivity index (χ0) is 18.7. The van der Waals surface area contributed by atoms with E-state index in [1.807, 2.05) is 0 Å². The Kier molecular flexibility index (Phi) is 4.85. The Hall–Kier alpha value is -3.39. The lowest BCUT2D eigenvalue weighted by Crippen LogP contribution is -2.24. The third-order valence-electron chi connectivity index (χ3n) is 3.45. The number of nitrogens with zero attached hydrogens (tertiary/aromatic N) is 1. The number of nitro groups is 1. The van der Waals surface area contributed by atoms with Crippen LogP contribution in [0, 0.1) is 10.1 Å². The molecule has 2 aromatic rings. The molecule has 1 aliphatic heterocycles. The monoisotopic (exact) mass is 374 g/mol. The Morgan fingerprint density at radius 3 is 2.42 bits per heavy atom. The van der Waals surface area contributed by atoms with Gasteiger partial charge in [0.1, 0.15) is 5.70 Å². The lowest BCUT2D eigenvalue weighted by Gasteiger charge is -2.16. The second kappa shape index (κ2) is 7.24. The van der Waals surface area contributed by atoms with Crippen molar-refractivity contribution in [3.63, 3.8) is 0 Å². The molecular formula is C17H11ClN2O6. The molecule has 8 nitrogen and oxygen atoms in total. The van der Waals surface area contributed by atoms with Gasteiger partial charge < -0.3 is 14.8 Å². The number of halogens is 1. The van der Waals surface area contributed by atoms with Crippen LogP contribution in [0.2, 0.25) is 0 Å². The summed E-state index contributed by atoms with van der Waals surface area (Å²) in [5.41, 5.74) is 0.625. The molecule has 0 spiro atoms. The fourth-order valence-corrected chi connectivity index (χ4v) is 2.36. The van der Waals surface area contributed by atoms with E-state index in [9.17, 15) is 19.7 Å². The second-order valence-electron chi connectivity index (χ2n) is 5.17. The first-order valence-corrected chi connectivity index (χ1v) is 7.71. The van der Waals surface area contributed by atoms with E-state index in [4.69, 9.17) is 21.1 Å². The van der Waals surface area contributed by atoms with Gasteiger partial charge in [0.15, 0.2) is 5.03 Å². The minimum Gasteiger partial charge on any atom is -0.415 e. The van der Waals surface area contributed by atoms with E-state index in [0.717, 1.165) is 0 Å². The third-order valence-corrected chi connectivity index (χ3v) is 3.80. The SMILES string of the molecule is O=C1OC(OC(=O)c2ccccc2)C(Nc2ccc([N+](=O)[O-])cc2)=C1Cl. The van der Waals surface area contributed by atoms with Gasteiger partial charge in [0, 0.05) is 17.8 Å². The van der Waals surface area contributed by atoms with Gasteiger partial charge in [-0.15, -0.1) is 0 Å². The van der Waals surface area contributed by atoms with Crippen LogP contribution in [0.25, 0.3) is 0 Å². The molecule has 0 aromatic heterocycles. The first-order chi connectivity index (χ1) is 12.5. The molecule has 0 aliphatic carbocycles. The first kappa shape index (κ1) is 17.4.